The molecule has 0 bridgehead atoms. The van der Waals surface area contributed by atoms with E-state index >= 15 is 0 Å². The lowest BCUT2D eigenvalue weighted by atomic mass is 10.1. The van der Waals surface area contributed by atoms with Gasteiger partial charge in [0.2, 0.25) is 0 Å². The minimum Gasteiger partial charge on any atom is -0.399 e. The first kappa shape index (κ1) is 13.2. The van der Waals surface area contributed by atoms with Crippen LogP contribution in [0.25, 0.3) is 0 Å². The summed E-state index contributed by atoms with van der Waals surface area (Å²) in [4.78, 5) is 0. The van der Waals surface area contributed by atoms with Crippen LogP contribution in [0.15, 0.2) is 18.2 Å². The average molecular weight is 217 g/mol. The number of nitrogen functional groups attached to an aromatic ring is 1. The van der Waals surface area contributed by atoms with Crippen molar-refractivity contribution in [3.63, 3.8) is 0 Å². The summed E-state index contributed by atoms with van der Waals surface area (Å²) < 4.78 is 4.96. The van der Waals surface area contributed by atoms with E-state index in [1.165, 1.54) is 0 Å². The molecule has 1 aromatic carbocycles. The van der Waals surface area contributed by atoms with Crippen LogP contribution in [-0.2, 0) is 4.74 Å². The highest BCUT2D eigenvalue weighted by molar-refractivity contribution is 5.85. The van der Waals surface area contributed by atoms with Crippen LogP contribution in [0.2, 0.25) is 0 Å². The van der Waals surface area contributed by atoms with E-state index in [1.54, 1.807) is 7.11 Å². The topological polar surface area (TPSA) is 61.3 Å². The lowest BCUT2D eigenvalue weighted by Gasteiger charge is -2.12. The molecule has 80 valence electrons. The van der Waals surface area contributed by atoms with Crippen molar-refractivity contribution in [2.45, 2.75) is 13.0 Å². The summed E-state index contributed by atoms with van der Waals surface area (Å²) in [6.45, 7) is 2.49. The second-order valence-corrected chi connectivity index (χ2v) is 3.18. The molecule has 0 radical (unpaired) electrons. The summed E-state index contributed by atoms with van der Waals surface area (Å²) in [6, 6.07) is 5.77. The van der Waals surface area contributed by atoms with Crippen LogP contribution in [0.5, 0.6) is 0 Å². The van der Waals surface area contributed by atoms with E-state index < -0.39 is 0 Å². The number of nitrogens with two attached hydrogens (primary N) is 2. The zero-order valence-electron chi connectivity index (χ0n) is 8.49. The number of halogens is 1. The molecule has 14 heavy (non-hydrogen) atoms. The van der Waals surface area contributed by atoms with Gasteiger partial charge in [-0.1, -0.05) is 12.1 Å². The van der Waals surface area contributed by atoms with E-state index in [1.807, 2.05) is 25.1 Å². The number of hydrogen-bond donors (Lipinski definition) is 2. The molecule has 3 nitrogen and oxygen atoms in total. The van der Waals surface area contributed by atoms with Gasteiger partial charge in [-0.25, -0.2) is 0 Å². The number of anilines is 1. The largest absolute Gasteiger partial charge is 0.399 e. The van der Waals surface area contributed by atoms with Crippen molar-refractivity contribution in [3.05, 3.63) is 29.3 Å². The minimum absolute atomic E-state index is 0. The molecular formula is C10H17ClN2O. The highest BCUT2D eigenvalue weighted by Gasteiger charge is 2.05. The molecule has 4 heteroatoms. The third kappa shape index (κ3) is 3.18. The second kappa shape index (κ2) is 5.86. The lowest BCUT2D eigenvalue weighted by Crippen LogP contribution is -2.16. The maximum Gasteiger partial charge on any atom is 0.0655 e. The van der Waals surface area contributed by atoms with Crippen molar-refractivity contribution < 1.29 is 4.74 Å². The zero-order valence-corrected chi connectivity index (χ0v) is 9.30. The molecule has 4 N–H and O–H groups in total. The monoisotopic (exact) mass is 216 g/mol. The van der Waals surface area contributed by atoms with Crippen LogP contribution in [0.3, 0.4) is 0 Å². The van der Waals surface area contributed by atoms with Crippen molar-refractivity contribution >= 4 is 18.1 Å². The first-order valence-electron chi connectivity index (χ1n) is 4.25. The smallest absolute Gasteiger partial charge is 0.0655 e. The van der Waals surface area contributed by atoms with E-state index in [4.69, 9.17) is 16.2 Å². The SMILES string of the molecule is COC[C@H](N)c1ccc(C)c(N)c1.Cl. The number of ether oxygens (including phenoxy) is 1. The third-order valence-corrected chi connectivity index (χ3v) is 2.08. The van der Waals surface area contributed by atoms with Gasteiger partial charge in [0.25, 0.3) is 0 Å². The second-order valence-electron chi connectivity index (χ2n) is 3.18. The zero-order chi connectivity index (χ0) is 9.84. The maximum absolute atomic E-state index is 5.84. The van der Waals surface area contributed by atoms with E-state index in [-0.39, 0.29) is 18.4 Å². The Morgan fingerprint density at radius 3 is 2.57 bits per heavy atom. The van der Waals surface area contributed by atoms with Gasteiger partial charge in [-0.15, -0.1) is 12.4 Å². The molecular weight excluding hydrogens is 200 g/mol. The molecule has 0 heterocycles. The Bertz CT molecular complexity index is 291. The van der Waals surface area contributed by atoms with Crippen LogP contribution in [-0.4, -0.2) is 13.7 Å². The normalized spacial score (nSPS) is 11.9. The summed E-state index contributed by atoms with van der Waals surface area (Å²) in [5.74, 6) is 0. The Morgan fingerprint density at radius 1 is 1.43 bits per heavy atom. The van der Waals surface area contributed by atoms with Crippen LogP contribution < -0.4 is 11.5 Å². The quantitative estimate of drug-likeness (QED) is 0.756. The Morgan fingerprint density at radius 2 is 2.07 bits per heavy atom. The highest BCUT2D eigenvalue weighted by Crippen LogP contribution is 2.17. The van der Waals surface area contributed by atoms with Gasteiger partial charge < -0.3 is 16.2 Å². The van der Waals surface area contributed by atoms with Crippen molar-refractivity contribution in [1.29, 1.82) is 0 Å². The summed E-state index contributed by atoms with van der Waals surface area (Å²) >= 11 is 0. The van der Waals surface area contributed by atoms with Crippen LogP contribution in [0.4, 0.5) is 5.69 Å². The van der Waals surface area contributed by atoms with Crippen molar-refractivity contribution in [2.75, 3.05) is 19.5 Å². The van der Waals surface area contributed by atoms with Gasteiger partial charge in [-0.2, -0.15) is 0 Å². The fraction of sp³-hybridized carbons (Fsp3) is 0.400. The highest BCUT2D eigenvalue weighted by atomic mass is 35.5. The standard InChI is InChI=1S/C10H16N2O.ClH/c1-7-3-4-8(5-9(7)11)10(12)6-13-2;/h3-5,10H,6,11-12H2,1-2H3;1H/t10-;/m0./s1. The number of rotatable bonds is 3. The van der Waals surface area contributed by atoms with Crippen LogP contribution in [0.1, 0.15) is 17.2 Å². The minimum atomic E-state index is -0.0899. The van der Waals surface area contributed by atoms with Gasteiger partial charge in [0, 0.05) is 12.8 Å². The van der Waals surface area contributed by atoms with Crippen molar-refractivity contribution in [1.82, 2.24) is 0 Å². The number of aryl methyl sites for hydroxylation is 1. The summed E-state index contributed by atoms with van der Waals surface area (Å²) in [7, 11) is 1.64. The van der Waals surface area contributed by atoms with Gasteiger partial charge in [0.15, 0.2) is 0 Å². The van der Waals surface area contributed by atoms with E-state index in [2.05, 4.69) is 0 Å². The Hall–Kier alpha value is -0.770. The fourth-order valence-corrected chi connectivity index (χ4v) is 1.17. The van der Waals surface area contributed by atoms with Gasteiger partial charge in [-0.05, 0) is 24.1 Å². The predicted molar refractivity (Wildman–Crippen MR) is 61.6 cm³/mol. The van der Waals surface area contributed by atoms with E-state index in [0.29, 0.717) is 6.61 Å². The molecule has 0 saturated carbocycles. The molecule has 0 aromatic heterocycles. The summed E-state index contributed by atoms with van der Waals surface area (Å²) in [6.07, 6.45) is 0. The fourth-order valence-electron chi connectivity index (χ4n) is 1.17. The Balaban J connectivity index is 0.00000169. The number of methoxy groups -OCH3 is 1. The number of benzene rings is 1. The third-order valence-electron chi connectivity index (χ3n) is 2.08. The van der Waals surface area contributed by atoms with Gasteiger partial charge in [-0.3, -0.25) is 0 Å². The Kier molecular flexibility index (Phi) is 5.53. The number of hydrogen-bond acceptors (Lipinski definition) is 3. The molecule has 0 unspecified atom stereocenters. The van der Waals surface area contributed by atoms with Crippen LogP contribution in [0, 0.1) is 6.92 Å². The average Bonchev–Trinajstić information content (AvgIpc) is 2.10. The Labute approximate surface area is 90.8 Å². The maximum atomic E-state index is 5.84. The van der Waals surface area contributed by atoms with E-state index in [0.717, 1.165) is 16.8 Å². The molecule has 1 rings (SSSR count). The molecule has 0 fully saturated rings. The molecule has 0 aliphatic carbocycles. The summed E-state index contributed by atoms with van der Waals surface area (Å²) in [5.41, 5.74) is 14.5. The molecule has 0 amide bonds. The molecule has 0 aliphatic heterocycles. The summed E-state index contributed by atoms with van der Waals surface area (Å²) in [5, 5.41) is 0. The molecule has 1 atom stereocenters. The lowest BCUT2D eigenvalue weighted by molar-refractivity contribution is 0.181. The molecule has 1 aromatic rings. The van der Waals surface area contributed by atoms with Gasteiger partial charge >= 0.3 is 0 Å². The van der Waals surface area contributed by atoms with Crippen molar-refractivity contribution in [3.8, 4) is 0 Å². The van der Waals surface area contributed by atoms with Crippen LogP contribution >= 0.6 is 12.4 Å². The first-order valence-corrected chi connectivity index (χ1v) is 4.25. The molecule has 0 saturated heterocycles. The molecule has 0 spiro atoms. The first-order chi connectivity index (χ1) is 6.15. The van der Waals surface area contributed by atoms with E-state index in [9.17, 15) is 0 Å². The van der Waals surface area contributed by atoms with Crippen molar-refractivity contribution in [2.24, 2.45) is 5.73 Å². The van der Waals surface area contributed by atoms with Gasteiger partial charge in [0.05, 0.1) is 12.6 Å². The van der Waals surface area contributed by atoms with Gasteiger partial charge in [0.1, 0.15) is 0 Å². The molecule has 0 aliphatic rings. The predicted octanol–water partition coefficient (Wildman–Crippen LogP) is 1.65.